The average molecular weight is 302 g/mol. The molecule has 0 aliphatic carbocycles. The van der Waals surface area contributed by atoms with Gasteiger partial charge in [0.05, 0.1) is 12.2 Å². The van der Waals surface area contributed by atoms with Gasteiger partial charge in [-0.3, -0.25) is 0 Å². The van der Waals surface area contributed by atoms with Crippen molar-refractivity contribution in [3.05, 3.63) is 70.3 Å². The second-order valence-electron chi connectivity index (χ2n) is 4.92. The predicted octanol–water partition coefficient (Wildman–Crippen LogP) is 3.81. The van der Waals surface area contributed by atoms with Gasteiger partial charge in [-0.15, -0.1) is 6.42 Å². The monoisotopic (exact) mass is 302 g/mol. The molecule has 0 saturated heterocycles. The van der Waals surface area contributed by atoms with Crippen LogP contribution >= 0.6 is 0 Å². The summed E-state index contributed by atoms with van der Waals surface area (Å²) in [5.74, 6) is 8.59. The van der Waals surface area contributed by atoms with Crippen LogP contribution in [0.3, 0.4) is 0 Å². The number of carbonyl (C=O) groups is 1. The summed E-state index contributed by atoms with van der Waals surface area (Å²) in [6.07, 6.45) is 6.36. The third-order valence-electron chi connectivity index (χ3n) is 3.39. The van der Waals surface area contributed by atoms with E-state index in [1.54, 1.807) is 19.1 Å². The van der Waals surface area contributed by atoms with Crippen molar-refractivity contribution in [2.45, 2.75) is 20.3 Å². The van der Waals surface area contributed by atoms with E-state index in [1.807, 2.05) is 30.3 Å². The third-order valence-corrected chi connectivity index (χ3v) is 3.39. The van der Waals surface area contributed by atoms with Gasteiger partial charge in [0.25, 0.3) is 0 Å². The summed E-state index contributed by atoms with van der Waals surface area (Å²) in [5.41, 5.74) is 4.34. The first-order valence-electron chi connectivity index (χ1n) is 7.56. The number of terminal acetylenes is 1. The van der Waals surface area contributed by atoms with Crippen molar-refractivity contribution >= 4 is 5.97 Å². The predicted molar refractivity (Wildman–Crippen MR) is 92.1 cm³/mol. The maximum absolute atomic E-state index is 11.6. The standard InChI is InChI=1S/C21H18O2/c1-4-18-12-11-17(15-19(18)5-2)8-7-16-9-13-20(14-10-16)21(22)23-6-3/h1,9-15H,5-6H2,2-3H3. The number of aryl methyl sites for hydroxylation is 1. The van der Waals surface area contributed by atoms with Crippen molar-refractivity contribution in [1.29, 1.82) is 0 Å². The van der Waals surface area contributed by atoms with Crippen molar-refractivity contribution in [3.63, 3.8) is 0 Å². The Hall–Kier alpha value is -2.97. The molecule has 0 spiro atoms. The highest BCUT2D eigenvalue weighted by atomic mass is 16.5. The quantitative estimate of drug-likeness (QED) is 0.636. The fourth-order valence-electron chi connectivity index (χ4n) is 2.15. The minimum atomic E-state index is -0.315. The van der Waals surface area contributed by atoms with Crippen LogP contribution in [0.25, 0.3) is 0 Å². The Morgan fingerprint density at radius 2 is 1.70 bits per heavy atom. The smallest absolute Gasteiger partial charge is 0.338 e. The molecule has 0 N–H and O–H groups in total. The number of carbonyl (C=O) groups excluding carboxylic acids is 1. The molecule has 0 bridgehead atoms. The minimum Gasteiger partial charge on any atom is -0.462 e. The first-order chi connectivity index (χ1) is 11.2. The molecule has 0 amide bonds. The van der Waals surface area contributed by atoms with Crippen LogP contribution in [0.15, 0.2) is 42.5 Å². The van der Waals surface area contributed by atoms with Crippen LogP contribution in [0.5, 0.6) is 0 Å². The van der Waals surface area contributed by atoms with Gasteiger partial charge < -0.3 is 4.74 Å². The van der Waals surface area contributed by atoms with Gasteiger partial charge in [-0.2, -0.15) is 0 Å². The van der Waals surface area contributed by atoms with E-state index >= 15 is 0 Å². The Kier molecular flexibility index (Phi) is 5.61. The molecule has 0 heterocycles. The lowest BCUT2D eigenvalue weighted by molar-refractivity contribution is 0.0526. The highest BCUT2D eigenvalue weighted by molar-refractivity contribution is 5.89. The van der Waals surface area contributed by atoms with Crippen molar-refractivity contribution in [1.82, 2.24) is 0 Å². The highest BCUT2D eigenvalue weighted by Gasteiger charge is 2.04. The van der Waals surface area contributed by atoms with E-state index in [1.165, 1.54) is 0 Å². The summed E-state index contributed by atoms with van der Waals surface area (Å²) in [6, 6.07) is 12.9. The summed E-state index contributed by atoms with van der Waals surface area (Å²) >= 11 is 0. The Balaban J connectivity index is 2.19. The molecule has 2 rings (SSSR count). The first kappa shape index (κ1) is 16.4. The molecule has 2 aromatic carbocycles. The van der Waals surface area contributed by atoms with Crippen LogP contribution in [0, 0.1) is 24.2 Å². The van der Waals surface area contributed by atoms with Gasteiger partial charge in [0.2, 0.25) is 0 Å². The largest absolute Gasteiger partial charge is 0.462 e. The molecule has 2 heteroatoms. The third kappa shape index (κ3) is 4.25. The summed E-state index contributed by atoms with van der Waals surface area (Å²) in [7, 11) is 0. The zero-order chi connectivity index (χ0) is 16.7. The molecule has 0 unspecified atom stereocenters. The van der Waals surface area contributed by atoms with Gasteiger partial charge >= 0.3 is 5.97 Å². The van der Waals surface area contributed by atoms with Crippen LogP contribution in [0.1, 0.15) is 46.5 Å². The molecule has 0 aromatic heterocycles. The molecule has 0 aliphatic rings. The number of hydrogen-bond acceptors (Lipinski definition) is 2. The van der Waals surface area contributed by atoms with E-state index in [2.05, 4.69) is 24.7 Å². The van der Waals surface area contributed by atoms with Crippen LogP contribution in [0.2, 0.25) is 0 Å². The lowest BCUT2D eigenvalue weighted by Crippen LogP contribution is -2.04. The molecule has 0 saturated carbocycles. The molecule has 0 fully saturated rings. The number of ether oxygens (including phenoxy) is 1. The molecule has 0 atom stereocenters. The second-order valence-corrected chi connectivity index (χ2v) is 4.92. The summed E-state index contributed by atoms with van der Waals surface area (Å²) in [6.45, 7) is 4.23. The fraction of sp³-hybridized carbons (Fsp3) is 0.190. The molecule has 0 radical (unpaired) electrons. The van der Waals surface area contributed by atoms with Crippen LogP contribution in [-0.4, -0.2) is 12.6 Å². The van der Waals surface area contributed by atoms with Crippen LogP contribution in [0.4, 0.5) is 0 Å². The first-order valence-corrected chi connectivity index (χ1v) is 7.56. The molecule has 2 nitrogen and oxygen atoms in total. The normalized spacial score (nSPS) is 9.43. The number of rotatable bonds is 3. The van der Waals surface area contributed by atoms with Crippen molar-refractivity contribution in [3.8, 4) is 24.2 Å². The molecule has 114 valence electrons. The van der Waals surface area contributed by atoms with Gasteiger partial charge in [0.1, 0.15) is 0 Å². The van der Waals surface area contributed by atoms with E-state index in [9.17, 15) is 4.79 Å². The maximum atomic E-state index is 11.6. The van der Waals surface area contributed by atoms with Gasteiger partial charge in [-0.05, 0) is 61.4 Å². The van der Waals surface area contributed by atoms with Crippen molar-refractivity contribution in [2.24, 2.45) is 0 Å². The Morgan fingerprint density at radius 3 is 2.30 bits per heavy atom. The lowest BCUT2D eigenvalue weighted by Gasteiger charge is -2.02. The summed E-state index contributed by atoms with van der Waals surface area (Å²) < 4.78 is 4.95. The number of esters is 1. The topological polar surface area (TPSA) is 26.3 Å². The molecule has 2 aromatic rings. The molecule has 23 heavy (non-hydrogen) atoms. The Labute approximate surface area is 137 Å². The molecular weight excluding hydrogens is 284 g/mol. The van der Waals surface area contributed by atoms with Gasteiger partial charge in [-0.25, -0.2) is 4.79 Å². The van der Waals surface area contributed by atoms with Gasteiger partial charge in [-0.1, -0.05) is 24.7 Å². The van der Waals surface area contributed by atoms with E-state index < -0.39 is 0 Å². The number of hydrogen-bond donors (Lipinski definition) is 0. The van der Waals surface area contributed by atoms with Crippen molar-refractivity contribution < 1.29 is 9.53 Å². The summed E-state index contributed by atoms with van der Waals surface area (Å²) in [4.78, 5) is 11.6. The average Bonchev–Trinajstić information content (AvgIpc) is 2.60. The minimum absolute atomic E-state index is 0.315. The molecular formula is C21H18O2. The zero-order valence-electron chi connectivity index (χ0n) is 13.3. The Bertz CT molecular complexity index is 796. The molecule has 0 aliphatic heterocycles. The zero-order valence-corrected chi connectivity index (χ0v) is 13.3. The fourth-order valence-corrected chi connectivity index (χ4v) is 2.15. The van der Waals surface area contributed by atoms with E-state index in [-0.39, 0.29) is 5.97 Å². The maximum Gasteiger partial charge on any atom is 0.338 e. The highest BCUT2D eigenvalue weighted by Crippen LogP contribution is 2.12. The van der Waals surface area contributed by atoms with Crippen LogP contribution < -0.4 is 0 Å². The van der Waals surface area contributed by atoms with E-state index in [0.29, 0.717) is 12.2 Å². The van der Waals surface area contributed by atoms with Gasteiger partial charge in [0, 0.05) is 16.7 Å². The lowest BCUT2D eigenvalue weighted by atomic mass is 10.0. The van der Waals surface area contributed by atoms with Crippen LogP contribution in [-0.2, 0) is 11.2 Å². The summed E-state index contributed by atoms with van der Waals surface area (Å²) in [5, 5.41) is 0. The van der Waals surface area contributed by atoms with E-state index in [0.717, 1.165) is 28.7 Å². The van der Waals surface area contributed by atoms with E-state index in [4.69, 9.17) is 11.2 Å². The second kappa shape index (κ2) is 7.87. The van der Waals surface area contributed by atoms with Crippen molar-refractivity contribution in [2.75, 3.05) is 6.61 Å². The SMILES string of the molecule is C#Cc1ccc(C#Cc2ccc(C(=O)OCC)cc2)cc1CC. The van der Waals surface area contributed by atoms with Gasteiger partial charge in [0.15, 0.2) is 0 Å². The number of benzene rings is 2. The Morgan fingerprint density at radius 1 is 1.04 bits per heavy atom.